The van der Waals surface area contributed by atoms with Crippen LogP contribution in [0.4, 0.5) is 0 Å². The van der Waals surface area contributed by atoms with Gasteiger partial charge in [-0.05, 0) is 52.4 Å². The van der Waals surface area contributed by atoms with Gasteiger partial charge in [0.1, 0.15) is 11.6 Å². The van der Waals surface area contributed by atoms with E-state index < -0.39 is 5.54 Å². The van der Waals surface area contributed by atoms with Gasteiger partial charge in [0.15, 0.2) is 0 Å². The van der Waals surface area contributed by atoms with E-state index in [4.69, 9.17) is 0 Å². The van der Waals surface area contributed by atoms with Crippen molar-refractivity contribution in [3.05, 3.63) is 0 Å². The summed E-state index contributed by atoms with van der Waals surface area (Å²) in [4.78, 5) is 26.3. The Morgan fingerprint density at radius 3 is 2.22 bits per heavy atom. The number of hydrogen-bond acceptors (Lipinski definition) is 2. The lowest BCUT2D eigenvalue weighted by molar-refractivity contribution is -0.156. The first-order valence-electron chi connectivity index (χ1n) is 6.97. The minimum atomic E-state index is -0.757. The van der Waals surface area contributed by atoms with Crippen LogP contribution in [0.1, 0.15) is 53.4 Å². The summed E-state index contributed by atoms with van der Waals surface area (Å²) in [5.74, 6) is 0.783. The van der Waals surface area contributed by atoms with Gasteiger partial charge in [0.2, 0.25) is 11.8 Å². The van der Waals surface area contributed by atoms with Gasteiger partial charge in [-0.2, -0.15) is 0 Å². The minimum Gasteiger partial charge on any atom is -0.340 e. The summed E-state index contributed by atoms with van der Waals surface area (Å²) in [6, 6.07) is -0.0852. The molecule has 1 atom stereocenters. The highest BCUT2D eigenvalue weighted by Crippen LogP contribution is 2.31. The SMILES string of the molecule is CC1CCC(N2C(=O)C(C)(C)NC(=O)C2C)CC1. The predicted octanol–water partition coefficient (Wildman–Crippen LogP) is 1.69. The predicted molar refractivity (Wildman–Crippen MR) is 69.9 cm³/mol. The first kappa shape index (κ1) is 13.4. The molecule has 1 unspecified atom stereocenters. The fourth-order valence-electron chi connectivity index (χ4n) is 3.09. The van der Waals surface area contributed by atoms with Crippen LogP contribution in [-0.4, -0.2) is 34.3 Å². The van der Waals surface area contributed by atoms with Crippen molar-refractivity contribution in [2.24, 2.45) is 5.92 Å². The number of amides is 2. The van der Waals surface area contributed by atoms with Crippen LogP contribution in [0.2, 0.25) is 0 Å². The van der Waals surface area contributed by atoms with E-state index in [-0.39, 0.29) is 23.9 Å². The third kappa shape index (κ3) is 2.25. The summed E-state index contributed by atoms with van der Waals surface area (Å²) in [5, 5.41) is 2.80. The van der Waals surface area contributed by atoms with Crippen molar-refractivity contribution in [1.29, 1.82) is 0 Å². The molecule has 2 fully saturated rings. The average Bonchev–Trinajstić information content (AvgIpc) is 2.29. The number of hydrogen-bond donors (Lipinski definition) is 1. The van der Waals surface area contributed by atoms with E-state index in [0.29, 0.717) is 0 Å². The zero-order chi connectivity index (χ0) is 13.5. The van der Waals surface area contributed by atoms with E-state index in [9.17, 15) is 9.59 Å². The number of carbonyl (C=O) groups is 2. The largest absolute Gasteiger partial charge is 0.340 e. The Bertz CT molecular complexity index is 357. The number of nitrogens with one attached hydrogen (secondary N) is 1. The van der Waals surface area contributed by atoms with Gasteiger partial charge < -0.3 is 10.2 Å². The van der Waals surface area contributed by atoms with Crippen molar-refractivity contribution >= 4 is 11.8 Å². The summed E-state index contributed by atoms with van der Waals surface area (Å²) >= 11 is 0. The molecule has 0 spiro atoms. The summed E-state index contributed by atoms with van der Waals surface area (Å²) < 4.78 is 0. The second kappa shape index (κ2) is 4.56. The van der Waals surface area contributed by atoms with Gasteiger partial charge >= 0.3 is 0 Å². The maximum absolute atomic E-state index is 12.5. The first-order chi connectivity index (χ1) is 8.33. The molecule has 4 heteroatoms. The lowest BCUT2D eigenvalue weighted by Gasteiger charge is -2.47. The molecular weight excluding hydrogens is 228 g/mol. The Balaban J connectivity index is 2.18. The molecule has 4 nitrogen and oxygen atoms in total. The second-order valence-corrected chi connectivity index (χ2v) is 6.42. The average molecular weight is 252 g/mol. The third-order valence-corrected chi connectivity index (χ3v) is 4.38. The lowest BCUT2D eigenvalue weighted by atomic mass is 9.84. The highest BCUT2D eigenvalue weighted by atomic mass is 16.2. The van der Waals surface area contributed by atoms with Gasteiger partial charge in [-0.15, -0.1) is 0 Å². The van der Waals surface area contributed by atoms with Crippen molar-refractivity contribution < 1.29 is 9.59 Å². The Kier molecular flexibility index (Phi) is 3.39. The Morgan fingerprint density at radius 1 is 1.11 bits per heavy atom. The molecule has 2 rings (SSSR count). The molecule has 1 saturated carbocycles. The summed E-state index contributed by atoms with van der Waals surface area (Å²) in [5.41, 5.74) is -0.757. The lowest BCUT2D eigenvalue weighted by Crippen LogP contribution is -2.69. The molecule has 1 aliphatic heterocycles. The van der Waals surface area contributed by atoms with Crippen LogP contribution in [0.5, 0.6) is 0 Å². The zero-order valence-corrected chi connectivity index (χ0v) is 11.8. The van der Waals surface area contributed by atoms with Crippen LogP contribution in [0.15, 0.2) is 0 Å². The van der Waals surface area contributed by atoms with Crippen molar-refractivity contribution in [3.8, 4) is 0 Å². The Labute approximate surface area is 109 Å². The van der Waals surface area contributed by atoms with Crippen LogP contribution in [-0.2, 0) is 9.59 Å². The molecule has 0 aromatic rings. The molecule has 0 aromatic carbocycles. The fourth-order valence-corrected chi connectivity index (χ4v) is 3.09. The van der Waals surface area contributed by atoms with E-state index in [0.717, 1.165) is 31.6 Å². The monoisotopic (exact) mass is 252 g/mol. The molecule has 2 aliphatic rings. The molecule has 0 aromatic heterocycles. The van der Waals surface area contributed by atoms with Crippen LogP contribution in [0, 0.1) is 5.92 Å². The number of piperazine rings is 1. The smallest absolute Gasteiger partial charge is 0.248 e. The number of rotatable bonds is 1. The van der Waals surface area contributed by atoms with E-state index in [2.05, 4.69) is 12.2 Å². The molecule has 18 heavy (non-hydrogen) atoms. The standard InChI is InChI=1S/C14H24N2O2/c1-9-5-7-11(8-6-9)16-10(2)12(17)15-14(3,4)13(16)18/h9-11H,5-8H2,1-4H3,(H,15,17). The zero-order valence-electron chi connectivity index (χ0n) is 11.8. The van der Waals surface area contributed by atoms with E-state index >= 15 is 0 Å². The van der Waals surface area contributed by atoms with Crippen molar-refractivity contribution in [2.45, 2.75) is 71.0 Å². The Hall–Kier alpha value is -1.06. The van der Waals surface area contributed by atoms with Crippen LogP contribution < -0.4 is 5.32 Å². The molecule has 0 bridgehead atoms. The summed E-state index contributed by atoms with van der Waals surface area (Å²) in [7, 11) is 0. The van der Waals surface area contributed by atoms with Gasteiger partial charge in [-0.25, -0.2) is 0 Å². The van der Waals surface area contributed by atoms with Gasteiger partial charge in [0, 0.05) is 6.04 Å². The molecule has 1 N–H and O–H groups in total. The van der Waals surface area contributed by atoms with E-state index in [1.807, 2.05) is 11.8 Å². The van der Waals surface area contributed by atoms with Crippen LogP contribution in [0.3, 0.4) is 0 Å². The van der Waals surface area contributed by atoms with Crippen molar-refractivity contribution in [1.82, 2.24) is 10.2 Å². The molecular formula is C14H24N2O2. The highest BCUT2D eigenvalue weighted by Gasteiger charge is 2.46. The topological polar surface area (TPSA) is 49.4 Å². The molecule has 1 heterocycles. The maximum Gasteiger partial charge on any atom is 0.248 e. The van der Waals surface area contributed by atoms with Crippen molar-refractivity contribution in [3.63, 3.8) is 0 Å². The third-order valence-electron chi connectivity index (χ3n) is 4.38. The first-order valence-corrected chi connectivity index (χ1v) is 6.97. The normalized spacial score (nSPS) is 36.4. The number of carbonyl (C=O) groups excluding carboxylic acids is 2. The molecule has 102 valence electrons. The van der Waals surface area contributed by atoms with Crippen LogP contribution in [0.25, 0.3) is 0 Å². The van der Waals surface area contributed by atoms with E-state index in [1.165, 1.54) is 0 Å². The fraction of sp³-hybridized carbons (Fsp3) is 0.857. The van der Waals surface area contributed by atoms with E-state index in [1.54, 1.807) is 13.8 Å². The molecule has 1 saturated heterocycles. The number of nitrogens with zero attached hydrogens (tertiary/aromatic N) is 1. The highest BCUT2D eigenvalue weighted by molar-refractivity contribution is 5.99. The maximum atomic E-state index is 12.5. The van der Waals surface area contributed by atoms with Gasteiger partial charge in [-0.1, -0.05) is 6.92 Å². The Morgan fingerprint density at radius 2 is 1.67 bits per heavy atom. The van der Waals surface area contributed by atoms with Gasteiger partial charge in [0.05, 0.1) is 0 Å². The van der Waals surface area contributed by atoms with Gasteiger partial charge in [0.25, 0.3) is 0 Å². The summed E-state index contributed by atoms with van der Waals surface area (Å²) in [6.07, 6.45) is 4.37. The van der Waals surface area contributed by atoms with Gasteiger partial charge in [-0.3, -0.25) is 9.59 Å². The van der Waals surface area contributed by atoms with Crippen molar-refractivity contribution in [2.75, 3.05) is 0 Å². The summed E-state index contributed by atoms with van der Waals surface area (Å²) in [6.45, 7) is 7.67. The van der Waals surface area contributed by atoms with Crippen LogP contribution >= 0.6 is 0 Å². The molecule has 0 radical (unpaired) electrons. The quantitative estimate of drug-likeness (QED) is 0.772. The second-order valence-electron chi connectivity index (χ2n) is 6.42. The molecule has 2 amide bonds. The minimum absolute atomic E-state index is 0.0294. The molecule has 1 aliphatic carbocycles.